The fourth-order valence-corrected chi connectivity index (χ4v) is 5.12. The number of amides is 1. The van der Waals surface area contributed by atoms with Gasteiger partial charge in [-0.3, -0.25) is 9.79 Å². The van der Waals surface area contributed by atoms with Gasteiger partial charge in [0, 0.05) is 24.8 Å². The van der Waals surface area contributed by atoms with Crippen LogP contribution in [0.1, 0.15) is 42.5 Å². The second-order valence-corrected chi connectivity index (χ2v) is 11.1. The number of benzene rings is 1. The second kappa shape index (κ2) is 8.34. The van der Waals surface area contributed by atoms with Gasteiger partial charge < -0.3 is 15.8 Å². The quantitative estimate of drug-likeness (QED) is 0.683. The van der Waals surface area contributed by atoms with Crippen LogP contribution in [0.5, 0.6) is 5.88 Å². The highest BCUT2D eigenvalue weighted by Gasteiger charge is 2.48. The van der Waals surface area contributed by atoms with Crippen LogP contribution in [0, 0.1) is 12.7 Å². The van der Waals surface area contributed by atoms with Gasteiger partial charge in [0.05, 0.1) is 19.0 Å². The number of nitrogens with two attached hydrogens (primary N) is 1. The molecule has 178 valence electrons. The third kappa shape index (κ3) is 4.27. The molecule has 0 fully saturated rings. The molecule has 1 aromatic heterocycles. The minimum absolute atomic E-state index is 0.0807. The van der Waals surface area contributed by atoms with E-state index < -0.39 is 32.0 Å². The van der Waals surface area contributed by atoms with E-state index in [1.807, 2.05) is 0 Å². The summed E-state index contributed by atoms with van der Waals surface area (Å²) in [5.74, 6) is -1.02. The van der Waals surface area contributed by atoms with Crippen LogP contribution >= 0.6 is 0 Å². The SMILES string of the molecule is COc1cnc(C(=O)Nc2ccc(F)c([C@]3(C)CN(C)S(=O)(=O)C(C)(C)C(N)=N3)c2)c(C)n1. The molecule has 1 aromatic carbocycles. The van der Waals surface area contributed by atoms with Gasteiger partial charge in [0.2, 0.25) is 15.9 Å². The standard InChI is InChI=1S/C21H27FN6O4S/c1-12-17(24-10-16(25-12)32-6)18(29)26-13-7-8-15(22)14(9-13)21(4)11-28(5)33(30,31)20(2,3)19(23)27-21/h7-10H,11H2,1-6H3,(H2,23,27)(H,26,29)/t21-/m0/s1. The Balaban J connectivity index is 2.01. The lowest BCUT2D eigenvalue weighted by Gasteiger charge is -2.29. The molecule has 12 heteroatoms. The van der Waals surface area contributed by atoms with Crippen molar-refractivity contribution in [3.05, 3.63) is 47.2 Å². The van der Waals surface area contributed by atoms with Gasteiger partial charge in [0.25, 0.3) is 5.91 Å². The predicted octanol–water partition coefficient (Wildman–Crippen LogP) is 1.81. The van der Waals surface area contributed by atoms with Crippen molar-refractivity contribution in [3.63, 3.8) is 0 Å². The van der Waals surface area contributed by atoms with Gasteiger partial charge in [-0.15, -0.1) is 0 Å². The first-order chi connectivity index (χ1) is 15.2. The molecule has 33 heavy (non-hydrogen) atoms. The first kappa shape index (κ1) is 24.5. The molecule has 3 N–H and O–H groups in total. The molecule has 0 spiro atoms. The summed E-state index contributed by atoms with van der Waals surface area (Å²) in [7, 11) is -0.991. The van der Waals surface area contributed by atoms with Crippen LogP contribution in [-0.2, 0) is 15.6 Å². The van der Waals surface area contributed by atoms with Crippen LogP contribution in [-0.4, -0.2) is 59.9 Å². The van der Waals surface area contributed by atoms with Crippen LogP contribution in [0.15, 0.2) is 29.4 Å². The smallest absolute Gasteiger partial charge is 0.276 e. The van der Waals surface area contributed by atoms with Gasteiger partial charge >= 0.3 is 0 Å². The molecule has 3 rings (SSSR count). The Morgan fingerprint density at radius 3 is 2.58 bits per heavy atom. The molecule has 2 aromatic rings. The van der Waals surface area contributed by atoms with Crippen molar-refractivity contribution in [3.8, 4) is 5.88 Å². The Morgan fingerprint density at radius 2 is 1.97 bits per heavy atom. The summed E-state index contributed by atoms with van der Waals surface area (Å²) in [6, 6.07) is 3.98. The molecule has 0 unspecified atom stereocenters. The molecule has 0 aliphatic carbocycles. The van der Waals surface area contributed by atoms with Gasteiger partial charge in [0.15, 0.2) is 0 Å². The van der Waals surface area contributed by atoms with E-state index in [0.29, 0.717) is 5.69 Å². The fourth-order valence-electron chi connectivity index (χ4n) is 3.61. The van der Waals surface area contributed by atoms with Crippen LogP contribution in [0.3, 0.4) is 0 Å². The summed E-state index contributed by atoms with van der Waals surface area (Å²) in [5.41, 5.74) is 5.54. The van der Waals surface area contributed by atoms with Crippen molar-refractivity contribution in [2.45, 2.75) is 38.0 Å². The Labute approximate surface area is 192 Å². The maximum absolute atomic E-state index is 15.0. The number of ether oxygens (including phenoxy) is 1. The zero-order valence-corrected chi connectivity index (χ0v) is 20.1. The van der Waals surface area contributed by atoms with E-state index in [4.69, 9.17) is 10.5 Å². The normalized spacial score (nSPS) is 22.2. The van der Waals surface area contributed by atoms with Crippen molar-refractivity contribution in [1.29, 1.82) is 0 Å². The number of aromatic nitrogens is 2. The van der Waals surface area contributed by atoms with E-state index in [-0.39, 0.29) is 35.2 Å². The molecule has 0 saturated carbocycles. The van der Waals surface area contributed by atoms with Gasteiger partial charge in [-0.1, -0.05) is 0 Å². The lowest BCUT2D eigenvalue weighted by Crippen LogP contribution is -2.50. The highest BCUT2D eigenvalue weighted by molar-refractivity contribution is 7.91. The fraction of sp³-hybridized carbons (Fsp3) is 0.429. The molecule has 0 bridgehead atoms. The summed E-state index contributed by atoms with van der Waals surface area (Å²) in [5, 5.41) is 2.67. The van der Waals surface area contributed by atoms with E-state index in [1.165, 1.54) is 52.4 Å². The van der Waals surface area contributed by atoms with Gasteiger partial charge in [-0.25, -0.2) is 27.1 Å². The molecule has 2 heterocycles. The lowest BCUT2D eigenvalue weighted by molar-refractivity contribution is 0.102. The van der Waals surface area contributed by atoms with E-state index >= 15 is 0 Å². The third-order valence-corrected chi connectivity index (χ3v) is 8.17. The van der Waals surface area contributed by atoms with Crippen LogP contribution in [0.25, 0.3) is 0 Å². The third-order valence-electron chi connectivity index (χ3n) is 5.72. The van der Waals surface area contributed by atoms with Gasteiger partial charge in [0.1, 0.15) is 27.6 Å². The number of hydrogen-bond acceptors (Lipinski definition) is 8. The minimum atomic E-state index is -3.83. The average Bonchev–Trinajstić information content (AvgIpc) is 2.77. The molecule has 1 atom stereocenters. The zero-order chi connectivity index (χ0) is 24.8. The Morgan fingerprint density at radius 1 is 1.30 bits per heavy atom. The molecule has 1 amide bonds. The topological polar surface area (TPSA) is 140 Å². The number of hydrogen-bond donors (Lipinski definition) is 2. The van der Waals surface area contributed by atoms with Crippen LogP contribution < -0.4 is 15.8 Å². The lowest BCUT2D eigenvalue weighted by atomic mass is 9.91. The van der Waals surface area contributed by atoms with Crippen LogP contribution in [0.2, 0.25) is 0 Å². The number of amidine groups is 1. The molecule has 1 aliphatic rings. The van der Waals surface area contributed by atoms with Crippen LogP contribution in [0.4, 0.5) is 10.1 Å². The monoisotopic (exact) mass is 478 g/mol. The summed E-state index contributed by atoms with van der Waals surface area (Å²) in [6.07, 6.45) is 1.32. The van der Waals surface area contributed by atoms with Gasteiger partial charge in [-0.05, 0) is 45.9 Å². The molecule has 0 radical (unpaired) electrons. The Kier molecular flexibility index (Phi) is 6.20. The number of methoxy groups -OCH3 is 1. The summed E-state index contributed by atoms with van der Waals surface area (Å²) in [4.78, 5) is 25.4. The number of likely N-dealkylation sites (N-methyl/N-ethyl adjacent to an activating group) is 1. The highest BCUT2D eigenvalue weighted by Crippen LogP contribution is 2.36. The number of sulfonamides is 1. The van der Waals surface area contributed by atoms with Gasteiger partial charge in [-0.2, -0.15) is 0 Å². The molecular formula is C21H27FN6O4S. The average molecular weight is 479 g/mol. The van der Waals surface area contributed by atoms with E-state index in [1.54, 1.807) is 13.8 Å². The second-order valence-electron chi connectivity index (χ2n) is 8.54. The van der Waals surface area contributed by atoms with Crippen molar-refractivity contribution in [2.75, 3.05) is 26.0 Å². The first-order valence-electron chi connectivity index (χ1n) is 10.0. The summed E-state index contributed by atoms with van der Waals surface area (Å²) in [6.45, 7) is 5.97. The predicted molar refractivity (Wildman–Crippen MR) is 122 cm³/mol. The maximum Gasteiger partial charge on any atom is 0.276 e. The highest BCUT2D eigenvalue weighted by atomic mass is 32.2. The number of aryl methyl sites for hydroxylation is 1. The Hall–Kier alpha value is -3.12. The molecule has 1 aliphatic heterocycles. The summed E-state index contributed by atoms with van der Waals surface area (Å²) >= 11 is 0. The number of nitrogens with one attached hydrogen (secondary N) is 1. The first-order valence-corrected chi connectivity index (χ1v) is 11.5. The number of halogens is 1. The number of carbonyl (C=O) groups is 1. The van der Waals surface area contributed by atoms with Crippen molar-refractivity contribution in [1.82, 2.24) is 14.3 Å². The molecule has 0 saturated heterocycles. The number of nitrogens with zero attached hydrogens (tertiary/aromatic N) is 4. The van der Waals surface area contributed by atoms with Crippen molar-refractivity contribution >= 4 is 27.5 Å². The number of rotatable bonds is 4. The Bertz CT molecular complexity index is 1250. The van der Waals surface area contributed by atoms with E-state index in [9.17, 15) is 17.6 Å². The maximum atomic E-state index is 15.0. The largest absolute Gasteiger partial charge is 0.480 e. The summed E-state index contributed by atoms with van der Waals surface area (Å²) < 4.78 is 45.4. The number of carbonyl (C=O) groups excluding carboxylic acids is 1. The van der Waals surface area contributed by atoms with E-state index in [0.717, 1.165) is 4.31 Å². The molecule has 10 nitrogen and oxygen atoms in total. The molecular weight excluding hydrogens is 451 g/mol. The van der Waals surface area contributed by atoms with E-state index in [2.05, 4.69) is 20.3 Å². The van der Waals surface area contributed by atoms with Crippen molar-refractivity contribution in [2.24, 2.45) is 10.7 Å². The van der Waals surface area contributed by atoms with Crippen molar-refractivity contribution < 1.29 is 22.3 Å². The number of anilines is 1. The zero-order valence-electron chi connectivity index (χ0n) is 19.3. The number of aliphatic imine (C=N–C) groups is 1. The minimum Gasteiger partial charge on any atom is -0.480 e.